The van der Waals surface area contributed by atoms with Gasteiger partial charge in [-0.1, -0.05) is 18.2 Å². The number of ether oxygens (including phenoxy) is 1. The highest BCUT2D eigenvalue weighted by Gasteiger charge is 2.32. The Hall–Kier alpha value is -3.82. The second kappa shape index (κ2) is 9.98. The smallest absolute Gasteiger partial charge is 0.416 e. The first-order chi connectivity index (χ1) is 16.0. The van der Waals surface area contributed by atoms with Crippen molar-refractivity contribution in [1.82, 2.24) is 9.88 Å². The van der Waals surface area contributed by atoms with Gasteiger partial charge in [0.15, 0.2) is 5.75 Å². The fraction of sp³-hybridized carbons (Fsp3) is 0.250. The molecule has 1 amide bonds. The number of halogens is 4. The van der Waals surface area contributed by atoms with E-state index in [1.54, 1.807) is 0 Å². The number of alkyl halides is 3. The molecule has 34 heavy (non-hydrogen) atoms. The zero-order valence-electron chi connectivity index (χ0n) is 18.4. The summed E-state index contributed by atoms with van der Waals surface area (Å²) in [5.74, 6) is -2.13. The van der Waals surface area contributed by atoms with E-state index in [9.17, 15) is 32.3 Å². The minimum Gasteiger partial charge on any atom is -0.502 e. The normalized spacial score (nSPS) is 11.4. The first kappa shape index (κ1) is 24.8. The van der Waals surface area contributed by atoms with Crippen LogP contribution in [0.3, 0.4) is 0 Å². The molecule has 0 saturated carbocycles. The fourth-order valence-electron chi connectivity index (χ4n) is 3.31. The van der Waals surface area contributed by atoms with Gasteiger partial charge in [0.05, 0.1) is 23.4 Å². The average Bonchev–Trinajstić information content (AvgIpc) is 2.77. The van der Waals surface area contributed by atoms with E-state index in [4.69, 9.17) is 4.74 Å². The van der Waals surface area contributed by atoms with E-state index in [1.165, 1.54) is 7.05 Å². The molecule has 0 unspecified atom stereocenters. The summed E-state index contributed by atoms with van der Waals surface area (Å²) in [7, 11) is 1.19. The van der Waals surface area contributed by atoms with Gasteiger partial charge in [-0.2, -0.15) is 13.2 Å². The number of rotatable bonds is 7. The van der Waals surface area contributed by atoms with Crippen LogP contribution in [0.1, 0.15) is 27.9 Å². The zero-order chi connectivity index (χ0) is 25.0. The molecule has 1 aromatic heterocycles. The largest absolute Gasteiger partial charge is 0.502 e. The number of carbonyl (C=O) groups excluding carboxylic acids is 1. The number of nitrogens with zero attached hydrogens (tertiary/aromatic N) is 1. The minimum atomic E-state index is -4.81. The van der Waals surface area contributed by atoms with Crippen LogP contribution in [0.25, 0.3) is 11.3 Å². The molecule has 2 N–H and O–H groups in total. The lowest BCUT2D eigenvalue weighted by atomic mass is 10.0. The standard InChI is InChI=1S/C24H22F4N2O4/c1-14-6-3-4-7-20(14)34-9-5-8-29-22(32)18-13-19(30(2)23(33)21(18)31)15-10-16(24(26,27)28)12-17(25)11-15/h3-4,6-7,10-13,31H,5,8-9H2,1-2H3,(H,29,32). The Morgan fingerprint density at radius 2 is 1.85 bits per heavy atom. The summed E-state index contributed by atoms with van der Waals surface area (Å²) in [6, 6.07) is 10.3. The van der Waals surface area contributed by atoms with E-state index in [0.717, 1.165) is 22.3 Å². The molecule has 2 aromatic carbocycles. The molecule has 3 aromatic rings. The van der Waals surface area contributed by atoms with Gasteiger partial charge in [0.2, 0.25) is 0 Å². The van der Waals surface area contributed by atoms with Crippen molar-refractivity contribution in [1.29, 1.82) is 0 Å². The Kier molecular flexibility index (Phi) is 7.29. The monoisotopic (exact) mass is 478 g/mol. The van der Waals surface area contributed by atoms with Gasteiger partial charge in [0, 0.05) is 19.2 Å². The van der Waals surface area contributed by atoms with Crippen molar-refractivity contribution >= 4 is 5.91 Å². The maximum absolute atomic E-state index is 13.9. The van der Waals surface area contributed by atoms with Gasteiger partial charge in [-0.15, -0.1) is 0 Å². The molecule has 0 aliphatic heterocycles. The first-order valence-electron chi connectivity index (χ1n) is 10.3. The molecule has 6 nitrogen and oxygen atoms in total. The lowest BCUT2D eigenvalue weighted by Crippen LogP contribution is -2.29. The number of hydrogen-bond donors (Lipinski definition) is 2. The topological polar surface area (TPSA) is 80.6 Å². The van der Waals surface area contributed by atoms with Crippen molar-refractivity contribution in [3.63, 3.8) is 0 Å². The van der Waals surface area contributed by atoms with Crippen LogP contribution in [0.5, 0.6) is 11.5 Å². The Morgan fingerprint density at radius 1 is 1.15 bits per heavy atom. The van der Waals surface area contributed by atoms with Crippen molar-refractivity contribution in [2.24, 2.45) is 7.05 Å². The highest BCUT2D eigenvalue weighted by Crippen LogP contribution is 2.33. The van der Waals surface area contributed by atoms with Gasteiger partial charge in [-0.3, -0.25) is 9.59 Å². The molecule has 0 radical (unpaired) electrons. The van der Waals surface area contributed by atoms with Crippen LogP contribution in [-0.2, 0) is 13.2 Å². The van der Waals surface area contributed by atoms with E-state index in [1.807, 2.05) is 31.2 Å². The van der Waals surface area contributed by atoms with Crippen molar-refractivity contribution in [2.45, 2.75) is 19.5 Å². The fourth-order valence-corrected chi connectivity index (χ4v) is 3.31. The Morgan fingerprint density at radius 3 is 2.53 bits per heavy atom. The molecule has 3 rings (SSSR count). The van der Waals surface area contributed by atoms with Crippen LogP contribution in [0.15, 0.2) is 53.3 Å². The predicted octanol–water partition coefficient (Wildman–Crippen LogP) is 4.42. The Labute approximate surface area is 192 Å². The Balaban J connectivity index is 1.78. The lowest BCUT2D eigenvalue weighted by molar-refractivity contribution is -0.137. The molecule has 1 heterocycles. The second-order valence-electron chi connectivity index (χ2n) is 7.61. The SMILES string of the molecule is Cc1ccccc1OCCCNC(=O)c1cc(-c2cc(F)cc(C(F)(F)F)c2)n(C)c(=O)c1O. The van der Waals surface area contributed by atoms with Crippen molar-refractivity contribution < 1.29 is 32.2 Å². The third-order valence-corrected chi connectivity index (χ3v) is 5.13. The van der Waals surface area contributed by atoms with Crippen LogP contribution in [0.4, 0.5) is 17.6 Å². The minimum absolute atomic E-state index is 0.146. The summed E-state index contributed by atoms with van der Waals surface area (Å²) in [5, 5.41) is 12.7. The second-order valence-corrected chi connectivity index (χ2v) is 7.61. The number of carbonyl (C=O) groups is 1. The summed E-state index contributed by atoms with van der Waals surface area (Å²) in [6.45, 7) is 2.33. The third kappa shape index (κ3) is 5.56. The number of benzene rings is 2. The molecule has 0 atom stereocenters. The van der Waals surface area contributed by atoms with E-state index in [0.29, 0.717) is 30.9 Å². The number of aryl methyl sites for hydroxylation is 1. The van der Waals surface area contributed by atoms with Crippen LogP contribution >= 0.6 is 0 Å². The van der Waals surface area contributed by atoms with E-state index in [2.05, 4.69) is 5.32 Å². The highest BCUT2D eigenvalue weighted by atomic mass is 19.4. The van der Waals surface area contributed by atoms with E-state index < -0.39 is 40.3 Å². The van der Waals surface area contributed by atoms with Crippen molar-refractivity contribution in [2.75, 3.05) is 13.2 Å². The number of pyridine rings is 1. The summed E-state index contributed by atoms with van der Waals surface area (Å²) < 4.78 is 59.6. The molecule has 0 saturated heterocycles. The summed E-state index contributed by atoms with van der Waals surface area (Å²) in [6.07, 6.45) is -4.40. The summed E-state index contributed by atoms with van der Waals surface area (Å²) >= 11 is 0. The van der Waals surface area contributed by atoms with Gasteiger partial charge in [-0.25, -0.2) is 4.39 Å². The summed E-state index contributed by atoms with van der Waals surface area (Å²) in [5.41, 5.74) is -2.18. The van der Waals surface area contributed by atoms with E-state index >= 15 is 0 Å². The molecule has 0 spiro atoms. The number of aromatic hydroxyl groups is 1. The lowest BCUT2D eigenvalue weighted by Gasteiger charge is -2.15. The zero-order valence-corrected chi connectivity index (χ0v) is 18.4. The van der Waals surface area contributed by atoms with Crippen molar-refractivity contribution in [3.8, 4) is 22.8 Å². The molecule has 10 heteroatoms. The maximum Gasteiger partial charge on any atom is 0.416 e. The van der Waals surface area contributed by atoms with Crippen LogP contribution in [0.2, 0.25) is 0 Å². The van der Waals surface area contributed by atoms with Crippen molar-refractivity contribution in [3.05, 3.63) is 81.4 Å². The molecule has 0 fully saturated rings. The third-order valence-electron chi connectivity index (χ3n) is 5.13. The summed E-state index contributed by atoms with van der Waals surface area (Å²) in [4.78, 5) is 25.0. The van der Waals surface area contributed by atoms with Gasteiger partial charge in [0.25, 0.3) is 11.5 Å². The van der Waals surface area contributed by atoms with Gasteiger partial charge < -0.3 is 19.7 Å². The van der Waals surface area contributed by atoms with Gasteiger partial charge in [0.1, 0.15) is 11.6 Å². The highest BCUT2D eigenvalue weighted by molar-refractivity contribution is 5.97. The quantitative estimate of drug-likeness (QED) is 0.389. The molecule has 0 bridgehead atoms. The molecule has 0 aliphatic rings. The number of nitrogens with one attached hydrogen (secondary N) is 1. The van der Waals surface area contributed by atoms with E-state index in [-0.39, 0.29) is 17.8 Å². The molecule has 0 aliphatic carbocycles. The number of aromatic nitrogens is 1. The van der Waals surface area contributed by atoms with Gasteiger partial charge >= 0.3 is 6.18 Å². The van der Waals surface area contributed by atoms with Crippen LogP contribution in [-0.4, -0.2) is 28.7 Å². The maximum atomic E-state index is 13.9. The number of amides is 1. The molecule has 180 valence electrons. The van der Waals surface area contributed by atoms with Gasteiger partial charge in [-0.05, 0) is 49.2 Å². The van der Waals surface area contributed by atoms with Crippen LogP contribution in [0, 0.1) is 12.7 Å². The molecular weight excluding hydrogens is 456 g/mol. The predicted molar refractivity (Wildman–Crippen MR) is 117 cm³/mol. The average molecular weight is 478 g/mol. The number of hydrogen-bond acceptors (Lipinski definition) is 4. The first-order valence-corrected chi connectivity index (χ1v) is 10.3. The van der Waals surface area contributed by atoms with Crippen LogP contribution < -0.4 is 15.6 Å². The Bertz CT molecular complexity index is 1270. The molecular formula is C24H22F4N2O4. The number of para-hydroxylation sites is 1.